The number of hydrogen-bond donors (Lipinski definition) is 1. The number of likely N-dealkylation sites (tertiary alicyclic amines) is 1. The van der Waals surface area contributed by atoms with Gasteiger partial charge in [0.1, 0.15) is 10.9 Å². The summed E-state index contributed by atoms with van der Waals surface area (Å²) < 4.78 is 37.9. The molecule has 1 aromatic heterocycles. The lowest BCUT2D eigenvalue weighted by atomic mass is 10.1. The SMILES string of the molecule is C=CC(=O)N1CCCC1C(=O)NC(C)c1csc(C(F)(F)F)c1. The van der Waals surface area contributed by atoms with Crippen molar-refractivity contribution in [3.63, 3.8) is 0 Å². The lowest BCUT2D eigenvalue weighted by molar-refractivity contribution is -0.135. The number of alkyl halides is 3. The molecule has 0 spiro atoms. The maximum Gasteiger partial charge on any atom is 0.425 e. The molecular formula is C15H17F3N2O2S. The molecule has 2 amide bonds. The summed E-state index contributed by atoms with van der Waals surface area (Å²) in [5, 5.41) is 4.07. The van der Waals surface area contributed by atoms with Crippen LogP contribution in [0.3, 0.4) is 0 Å². The van der Waals surface area contributed by atoms with E-state index in [2.05, 4.69) is 11.9 Å². The van der Waals surface area contributed by atoms with Gasteiger partial charge in [-0.1, -0.05) is 6.58 Å². The fourth-order valence-corrected chi connectivity index (χ4v) is 3.41. The second-order valence-electron chi connectivity index (χ2n) is 5.37. The van der Waals surface area contributed by atoms with Gasteiger partial charge in [-0.3, -0.25) is 9.59 Å². The van der Waals surface area contributed by atoms with Crippen LogP contribution in [-0.4, -0.2) is 29.3 Å². The zero-order valence-electron chi connectivity index (χ0n) is 12.5. The summed E-state index contributed by atoms with van der Waals surface area (Å²) >= 11 is 0.599. The Balaban J connectivity index is 2.03. The van der Waals surface area contributed by atoms with Gasteiger partial charge in [0.15, 0.2) is 0 Å². The van der Waals surface area contributed by atoms with Crippen LogP contribution in [0.25, 0.3) is 0 Å². The van der Waals surface area contributed by atoms with Gasteiger partial charge in [0.2, 0.25) is 11.8 Å². The molecule has 1 aliphatic heterocycles. The molecular weight excluding hydrogens is 329 g/mol. The first-order valence-electron chi connectivity index (χ1n) is 7.13. The number of halogens is 3. The minimum absolute atomic E-state index is 0.315. The van der Waals surface area contributed by atoms with Crippen molar-refractivity contribution < 1.29 is 22.8 Å². The van der Waals surface area contributed by atoms with E-state index in [0.717, 1.165) is 12.1 Å². The van der Waals surface area contributed by atoms with Gasteiger partial charge in [0, 0.05) is 6.54 Å². The molecule has 2 heterocycles. The van der Waals surface area contributed by atoms with E-state index in [-0.39, 0.29) is 11.8 Å². The zero-order chi connectivity index (χ0) is 17.2. The standard InChI is InChI=1S/C15H17F3N2O2S/c1-3-13(21)20-6-4-5-11(20)14(22)19-9(2)10-7-12(23-8-10)15(16,17)18/h3,7-9,11H,1,4-6H2,2H3,(H,19,22). The summed E-state index contributed by atoms with van der Waals surface area (Å²) in [5.74, 6) is -0.671. The monoisotopic (exact) mass is 346 g/mol. The fraction of sp³-hybridized carbons (Fsp3) is 0.467. The third-order valence-electron chi connectivity index (χ3n) is 3.77. The molecule has 4 nitrogen and oxygen atoms in total. The lowest BCUT2D eigenvalue weighted by Crippen LogP contribution is -2.46. The Labute approximate surface area is 136 Å². The van der Waals surface area contributed by atoms with Gasteiger partial charge in [0.25, 0.3) is 0 Å². The highest BCUT2D eigenvalue weighted by Crippen LogP contribution is 2.35. The first kappa shape index (κ1) is 17.5. The average molecular weight is 346 g/mol. The zero-order valence-corrected chi connectivity index (χ0v) is 13.3. The molecule has 0 bridgehead atoms. The van der Waals surface area contributed by atoms with Gasteiger partial charge >= 0.3 is 6.18 Å². The van der Waals surface area contributed by atoms with Crippen LogP contribution in [0.5, 0.6) is 0 Å². The summed E-state index contributed by atoms with van der Waals surface area (Å²) in [6, 6.07) is -0.114. The molecule has 1 N–H and O–H groups in total. The van der Waals surface area contributed by atoms with Crippen molar-refractivity contribution in [2.24, 2.45) is 0 Å². The highest BCUT2D eigenvalue weighted by Gasteiger charge is 2.35. The van der Waals surface area contributed by atoms with Crippen LogP contribution in [0, 0.1) is 0 Å². The number of thiophene rings is 1. The van der Waals surface area contributed by atoms with Crippen molar-refractivity contribution >= 4 is 23.2 Å². The van der Waals surface area contributed by atoms with Crippen LogP contribution in [0.15, 0.2) is 24.1 Å². The molecule has 1 aromatic rings. The minimum atomic E-state index is -4.38. The van der Waals surface area contributed by atoms with Crippen molar-refractivity contribution in [2.45, 2.75) is 38.0 Å². The van der Waals surface area contributed by atoms with Crippen molar-refractivity contribution in [3.8, 4) is 0 Å². The van der Waals surface area contributed by atoms with E-state index in [4.69, 9.17) is 0 Å². The number of amides is 2. The van der Waals surface area contributed by atoms with Crippen LogP contribution in [-0.2, 0) is 15.8 Å². The van der Waals surface area contributed by atoms with Crippen LogP contribution >= 0.6 is 11.3 Å². The number of nitrogens with zero attached hydrogens (tertiary/aromatic N) is 1. The molecule has 126 valence electrons. The predicted octanol–water partition coefficient (Wildman–Crippen LogP) is 3.12. The summed E-state index contributed by atoms with van der Waals surface area (Å²) in [5.41, 5.74) is 0.398. The highest BCUT2D eigenvalue weighted by molar-refractivity contribution is 7.10. The van der Waals surface area contributed by atoms with E-state index >= 15 is 0 Å². The van der Waals surface area contributed by atoms with E-state index in [0.29, 0.717) is 36.3 Å². The molecule has 23 heavy (non-hydrogen) atoms. The molecule has 8 heteroatoms. The first-order chi connectivity index (χ1) is 10.7. The Morgan fingerprint density at radius 3 is 2.78 bits per heavy atom. The molecule has 0 aromatic carbocycles. The maximum absolute atomic E-state index is 12.6. The Hall–Kier alpha value is -1.83. The number of nitrogens with one attached hydrogen (secondary N) is 1. The highest BCUT2D eigenvalue weighted by atomic mass is 32.1. The summed E-state index contributed by atoms with van der Waals surface area (Å²) in [4.78, 5) is 24.7. The molecule has 2 rings (SSSR count). The maximum atomic E-state index is 12.6. The van der Waals surface area contributed by atoms with E-state index in [1.54, 1.807) is 6.92 Å². The molecule has 0 saturated carbocycles. The number of hydrogen-bond acceptors (Lipinski definition) is 3. The molecule has 2 atom stereocenters. The van der Waals surface area contributed by atoms with Crippen molar-refractivity contribution in [3.05, 3.63) is 34.5 Å². The molecule has 1 aliphatic rings. The van der Waals surface area contributed by atoms with Crippen molar-refractivity contribution in [1.29, 1.82) is 0 Å². The molecule has 1 fully saturated rings. The number of carbonyl (C=O) groups is 2. The van der Waals surface area contributed by atoms with E-state index in [1.165, 1.54) is 10.3 Å². The van der Waals surface area contributed by atoms with Gasteiger partial charge in [-0.25, -0.2) is 0 Å². The fourth-order valence-electron chi connectivity index (χ4n) is 2.54. The quantitative estimate of drug-likeness (QED) is 0.852. The normalized spacial score (nSPS) is 19.5. The van der Waals surface area contributed by atoms with Crippen LogP contribution < -0.4 is 5.32 Å². The Morgan fingerprint density at radius 2 is 2.22 bits per heavy atom. The molecule has 2 unspecified atom stereocenters. The Kier molecular flexibility index (Phi) is 5.13. The van der Waals surface area contributed by atoms with E-state index in [9.17, 15) is 22.8 Å². The van der Waals surface area contributed by atoms with E-state index in [1.807, 2.05) is 0 Å². The van der Waals surface area contributed by atoms with Crippen molar-refractivity contribution in [2.75, 3.05) is 6.54 Å². The lowest BCUT2D eigenvalue weighted by Gasteiger charge is -2.24. The second kappa shape index (κ2) is 6.74. The Morgan fingerprint density at radius 1 is 1.52 bits per heavy atom. The Bertz CT molecular complexity index is 612. The number of rotatable bonds is 4. The predicted molar refractivity (Wildman–Crippen MR) is 80.8 cm³/mol. The minimum Gasteiger partial charge on any atom is -0.348 e. The number of carbonyl (C=O) groups excluding carboxylic acids is 2. The van der Waals surface area contributed by atoms with Crippen LogP contribution in [0.2, 0.25) is 0 Å². The van der Waals surface area contributed by atoms with Gasteiger partial charge in [-0.2, -0.15) is 13.2 Å². The van der Waals surface area contributed by atoms with Gasteiger partial charge in [-0.05, 0) is 42.9 Å². The largest absolute Gasteiger partial charge is 0.425 e. The summed E-state index contributed by atoms with van der Waals surface area (Å²) in [6.45, 7) is 5.51. The van der Waals surface area contributed by atoms with Crippen LogP contribution in [0.4, 0.5) is 13.2 Å². The summed E-state index contributed by atoms with van der Waals surface area (Å²) in [7, 11) is 0. The first-order valence-corrected chi connectivity index (χ1v) is 8.01. The smallest absolute Gasteiger partial charge is 0.348 e. The average Bonchev–Trinajstić information content (AvgIpc) is 3.14. The summed E-state index contributed by atoms with van der Waals surface area (Å²) in [6.07, 6.45) is -1.98. The van der Waals surface area contributed by atoms with Gasteiger partial charge in [0.05, 0.1) is 6.04 Å². The van der Waals surface area contributed by atoms with Crippen molar-refractivity contribution in [1.82, 2.24) is 10.2 Å². The second-order valence-corrected chi connectivity index (χ2v) is 6.28. The molecule has 1 saturated heterocycles. The third-order valence-corrected chi connectivity index (χ3v) is 4.76. The van der Waals surface area contributed by atoms with Gasteiger partial charge < -0.3 is 10.2 Å². The van der Waals surface area contributed by atoms with Crippen LogP contribution in [0.1, 0.15) is 36.2 Å². The van der Waals surface area contributed by atoms with Gasteiger partial charge in [-0.15, -0.1) is 11.3 Å². The topological polar surface area (TPSA) is 49.4 Å². The molecule has 0 radical (unpaired) electrons. The molecule has 0 aliphatic carbocycles. The third kappa shape index (κ3) is 3.93. The van der Waals surface area contributed by atoms with E-state index < -0.39 is 23.1 Å².